The van der Waals surface area contributed by atoms with E-state index < -0.39 is 0 Å². The molecule has 0 atom stereocenters. The van der Waals surface area contributed by atoms with Gasteiger partial charge in [-0.1, -0.05) is 103 Å². The van der Waals surface area contributed by atoms with E-state index in [-0.39, 0.29) is 0 Å². The zero-order chi connectivity index (χ0) is 33.7. The maximum atomic E-state index is 6.15. The highest BCUT2D eigenvalue weighted by molar-refractivity contribution is 6.09. The lowest BCUT2D eigenvalue weighted by atomic mass is 10.0. The molecule has 0 saturated heterocycles. The third-order valence-corrected chi connectivity index (χ3v) is 9.89. The predicted molar refractivity (Wildman–Crippen MR) is 211 cm³/mol. The topological polar surface area (TPSA) is 34.2 Å². The quantitative estimate of drug-likeness (QED) is 0.179. The Hall–Kier alpha value is -6.91. The lowest BCUT2D eigenvalue weighted by Crippen LogP contribution is -2.09. The Morgan fingerprint density at radius 1 is 0.412 bits per heavy atom. The molecule has 0 amide bonds. The number of hydrogen-bond donors (Lipinski definition) is 0. The van der Waals surface area contributed by atoms with Crippen molar-refractivity contribution in [2.75, 3.05) is 4.90 Å². The van der Waals surface area contributed by atoms with Gasteiger partial charge >= 0.3 is 0 Å². The monoisotopic (exact) mass is 653 g/mol. The standard InChI is InChI=1S/C47H31N3O/c1-2-9-32(10-3-1)33-17-21-36(22-18-33)49(39-25-26-46-42(30-39)43-31-48-28-27-47(43)51-46)37-23-19-34(20-24-37)35-11-8-12-38(29-35)50-44-15-6-4-13-40(44)41-14-5-7-16-45(41)50/h1-31H. The molecule has 0 aliphatic rings. The maximum Gasteiger partial charge on any atom is 0.138 e. The minimum Gasteiger partial charge on any atom is -0.456 e. The number of hydrogen-bond acceptors (Lipinski definition) is 3. The Kier molecular flexibility index (Phi) is 6.78. The highest BCUT2D eigenvalue weighted by Gasteiger charge is 2.17. The number of fused-ring (bicyclic) bond motifs is 6. The molecule has 10 aromatic rings. The molecule has 3 heterocycles. The van der Waals surface area contributed by atoms with Crippen LogP contribution in [-0.2, 0) is 0 Å². The second-order valence-electron chi connectivity index (χ2n) is 12.9. The zero-order valence-electron chi connectivity index (χ0n) is 27.6. The molecule has 0 radical (unpaired) electrons. The van der Waals surface area contributed by atoms with E-state index in [1.165, 1.54) is 38.5 Å². The predicted octanol–water partition coefficient (Wildman–Crippen LogP) is 12.9. The van der Waals surface area contributed by atoms with Crippen molar-refractivity contribution in [3.63, 3.8) is 0 Å². The van der Waals surface area contributed by atoms with Crippen LogP contribution in [0.3, 0.4) is 0 Å². The molecule has 3 aromatic heterocycles. The highest BCUT2D eigenvalue weighted by atomic mass is 16.3. The average molecular weight is 654 g/mol. The fourth-order valence-electron chi connectivity index (χ4n) is 7.46. The van der Waals surface area contributed by atoms with Gasteiger partial charge in [0.25, 0.3) is 0 Å². The van der Waals surface area contributed by atoms with Crippen molar-refractivity contribution in [1.29, 1.82) is 0 Å². The SMILES string of the molecule is c1ccc(-c2ccc(N(c3ccc(-c4cccc(-n5c6ccccc6c6ccccc65)c4)cc3)c3ccc4oc5ccncc5c4c3)cc2)cc1. The number of pyridine rings is 1. The van der Waals surface area contributed by atoms with Gasteiger partial charge in [-0.3, -0.25) is 4.98 Å². The second-order valence-corrected chi connectivity index (χ2v) is 12.9. The summed E-state index contributed by atoms with van der Waals surface area (Å²) < 4.78 is 8.52. The molecule has 240 valence electrons. The van der Waals surface area contributed by atoms with Gasteiger partial charge in [0.1, 0.15) is 11.2 Å². The summed E-state index contributed by atoms with van der Waals surface area (Å²) in [4.78, 5) is 6.69. The fourth-order valence-corrected chi connectivity index (χ4v) is 7.46. The smallest absolute Gasteiger partial charge is 0.138 e. The van der Waals surface area contributed by atoms with Crippen molar-refractivity contribution < 1.29 is 4.42 Å². The molecule has 0 spiro atoms. The van der Waals surface area contributed by atoms with Crippen LogP contribution >= 0.6 is 0 Å². The highest BCUT2D eigenvalue weighted by Crippen LogP contribution is 2.40. The van der Waals surface area contributed by atoms with Crippen LogP contribution < -0.4 is 4.90 Å². The minimum absolute atomic E-state index is 0.836. The summed E-state index contributed by atoms with van der Waals surface area (Å²) in [6, 6.07) is 62.6. The van der Waals surface area contributed by atoms with Gasteiger partial charge in [-0.2, -0.15) is 0 Å². The first-order valence-corrected chi connectivity index (χ1v) is 17.2. The summed E-state index contributed by atoms with van der Waals surface area (Å²) in [5, 5.41) is 4.57. The number of para-hydroxylation sites is 2. The molecular weight excluding hydrogens is 623 g/mol. The molecular formula is C47H31N3O. The van der Waals surface area contributed by atoms with Gasteiger partial charge in [0.15, 0.2) is 0 Å². The molecule has 0 fully saturated rings. The zero-order valence-corrected chi connectivity index (χ0v) is 27.6. The van der Waals surface area contributed by atoms with Gasteiger partial charge in [-0.25, -0.2) is 0 Å². The third-order valence-electron chi connectivity index (χ3n) is 9.89. The summed E-state index contributed by atoms with van der Waals surface area (Å²) in [7, 11) is 0. The van der Waals surface area contributed by atoms with Crippen LogP contribution in [0, 0.1) is 0 Å². The number of anilines is 3. The molecule has 4 nitrogen and oxygen atoms in total. The summed E-state index contributed by atoms with van der Waals surface area (Å²) in [6.45, 7) is 0. The van der Waals surface area contributed by atoms with Crippen molar-refractivity contribution in [2.45, 2.75) is 0 Å². The van der Waals surface area contributed by atoms with Crippen LogP contribution in [-0.4, -0.2) is 9.55 Å². The minimum atomic E-state index is 0.836. The third kappa shape index (κ3) is 4.96. The first kappa shape index (κ1) is 29.0. The molecule has 0 bridgehead atoms. The van der Waals surface area contributed by atoms with Crippen LogP contribution in [0.4, 0.5) is 17.1 Å². The fraction of sp³-hybridized carbons (Fsp3) is 0. The van der Waals surface area contributed by atoms with E-state index in [0.717, 1.165) is 50.3 Å². The largest absolute Gasteiger partial charge is 0.456 e. The van der Waals surface area contributed by atoms with Crippen LogP contribution in [0.25, 0.3) is 71.7 Å². The van der Waals surface area contributed by atoms with Crippen LogP contribution in [0.2, 0.25) is 0 Å². The molecule has 10 rings (SSSR count). The van der Waals surface area contributed by atoms with E-state index >= 15 is 0 Å². The van der Waals surface area contributed by atoms with E-state index in [1.54, 1.807) is 6.20 Å². The molecule has 0 aliphatic heterocycles. The number of benzene rings is 7. The van der Waals surface area contributed by atoms with Gasteiger partial charge < -0.3 is 13.9 Å². The van der Waals surface area contributed by atoms with Crippen molar-refractivity contribution in [1.82, 2.24) is 9.55 Å². The van der Waals surface area contributed by atoms with E-state index in [9.17, 15) is 0 Å². The van der Waals surface area contributed by atoms with Crippen molar-refractivity contribution >= 4 is 60.8 Å². The number of nitrogens with zero attached hydrogens (tertiary/aromatic N) is 3. The first-order chi connectivity index (χ1) is 25.3. The summed E-state index contributed by atoms with van der Waals surface area (Å²) in [6.07, 6.45) is 3.65. The Labute approximate surface area is 295 Å². The molecule has 0 saturated carbocycles. The Balaban J connectivity index is 1.06. The average Bonchev–Trinajstić information content (AvgIpc) is 3.75. The summed E-state index contributed by atoms with van der Waals surface area (Å²) >= 11 is 0. The number of furan rings is 1. The van der Waals surface area contributed by atoms with Gasteiger partial charge in [0.05, 0.1) is 11.0 Å². The van der Waals surface area contributed by atoms with Crippen molar-refractivity contribution in [3.8, 4) is 27.9 Å². The van der Waals surface area contributed by atoms with Gasteiger partial charge in [-0.15, -0.1) is 0 Å². The van der Waals surface area contributed by atoms with Gasteiger partial charge in [0.2, 0.25) is 0 Å². The normalized spacial score (nSPS) is 11.5. The first-order valence-electron chi connectivity index (χ1n) is 17.2. The van der Waals surface area contributed by atoms with E-state index in [4.69, 9.17) is 4.42 Å². The molecule has 0 unspecified atom stereocenters. The maximum absolute atomic E-state index is 6.15. The van der Waals surface area contributed by atoms with Crippen LogP contribution in [0.15, 0.2) is 193 Å². The number of rotatable bonds is 6. The molecule has 4 heteroatoms. The Morgan fingerprint density at radius 3 is 1.69 bits per heavy atom. The lowest BCUT2D eigenvalue weighted by Gasteiger charge is -2.26. The van der Waals surface area contributed by atoms with Crippen molar-refractivity contribution in [2.24, 2.45) is 0 Å². The van der Waals surface area contributed by atoms with E-state index in [1.807, 2.05) is 12.3 Å². The number of aromatic nitrogens is 2. The van der Waals surface area contributed by atoms with Crippen LogP contribution in [0.5, 0.6) is 0 Å². The Bertz CT molecular complexity index is 2800. The summed E-state index contributed by atoms with van der Waals surface area (Å²) in [5.41, 5.74) is 13.1. The molecule has 0 N–H and O–H groups in total. The molecule has 0 aliphatic carbocycles. The molecule has 51 heavy (non-hydrogen) atoms. The Morgan fingerprint density at radius 2 is 0.980 bits per heavy atom. The second kappa shape index (κ2) is 11.9. The van der Waals surface area contributed by atoms with Crippen LogP contribution in [0.1, 0.15) is 0 Å². The van der Waals surface area contributed by atoms with Gasteiger partial charge in [0, 0.05) is 56.7 Å². The van der Waals surface area contributed by atoms with Gasteiger partial charge in [-0.05, 0) is 95.1 Å². The summed E-state index contributed by atoms with van der Waals surface area (Å²) in [5.74, 6) is 0. The lowest BCUT2D eigenvalue weighted by molar-refractivity contribution is 0.668. The van der Waals surface area contributed by atoms with E-state index in [0.29, 0.717) is 0 Å². The van der Waals surface area contributed by atoms with E-state index in [2.05, 4.69) is 184 Å². The van der Waals surface area contributed by atoms with Crippen molar-refractivity contribution in [3.05, 3.63) is 188 Å². The molecule has 7 aromatic carbocycles.